The molecule has 0 saturated heterocycles. The molecule has 0 amide bonds. The fourth-order valence-electron chi connectivity index (χ4n) is 0.464. The van der Waals surface area contributed by atoms with Crippen LogP contribution < -0.4 is 5.09 Å². The summed E-state index contributed by atoms with van der Waals surface area (Å²) in [6.07, 6.45) is 1.42. The third-order valence-electron chi connectivity index (χ3n) is 0.933. The van der Waals surface area contributed by atoms with Gasteiger partial charge in [-0.1, -0.05) is 0 Å². The molecule has 0 aliphatic carbocycles. The maximum absolute atomic E-state index is 11.0. The topological polar surface area (TPSA) is 95.9 Å². The summed E-state index contributed by atoms with van der Waals surface area (Å²) in [5.41, 5.74) is 0. The van der Waals surface area contributed by atoms with Crippen LogP contribution in [-0.2, 0) is 34.3 Å². The number of nitrogens with one attached hydrogen (secondary N) is 1. The Labute approximate surface area is 82.7 Å². The quantitative estimate of drug-likeness (QED) is 0.578. The van der Waals surface area contributed by atoms with Gasteiger partial charge in [-0.25, -0.2) is 13.6 Å². The predicted octanol–water partition coefficient (Wildman–Crippen LogP) is -0.209. The van der Waals surface area contributed by atoms with Gasteiger partial charge in [0.2, 0.25) is 0 Å². The first-order chi connectivity index (χ1) is 5.74. The largest absolute Gasteiger partial charge is 0.480 e. The molecule has 0 spiro atoms. The Morgan fingerprint density at radius 3 is 2.54 bits per heavy atom. The Balaban J connectivity index is 4.25. The summed E-state index contributed by atoms with van der Waals surface area (Å²) < 4.78 is 15.5. The number of carboxylic acid groups (broad SMARTS) is 1. The van der Waals surface area contributed by atoms with Crippen LogP contribution >= 0.6 is 7.75 Å². The molecule has 3 N–H and O–H groups in total. The molecule has 9 heteroatoms. The van der Waals surface area contributed by atoms with E-state index in [0.717, 1.165) is 0 Å². The second-order valence-electron chi connectivity index (χ2n) is 2.19. The average Bonchev–Trinajstić information content (AvgIpc) is 1.81. The summed E-state index contributed by atoms with van der Waals surface area (Å²) in [7, 11) is -5.18. The second kappa shape index (κ2) is 5.14. The molecule has 0 aliphatic rings. The van der Waals surface area contributed by atoms with Gasteiger partial charge in [-0.3, -0.25) is 4.79 Å². The lowest BCUT2D eigenvalue weighted by Crippen LogP contribution is -2.31. The van der Waals surface area contributed by atoms with Gasteiger partial charge in [0.05, 0.1) is 0 Å². The van der Waals surface area contributed by atoms with E-state index in [9.17, 15) is 9.36 Å². The van der Waals surface area contributed by atoms with Crippen molar-refractivity contribution < 1.29 is 23.3 Å². The Kier molecular flexibility index (Phi) is 5.19. The van der Waals surface area contributed by atoms with Crippen molar-refractivity contribution >= 4 is 34.6 Å². The van der Waals surface area contributed by atoms with E-state index in [0.29, 0.717) is 0 Å². The van der Waals surface area contributed by atoms with Gasteiger partial charge in [-0.15, -0.1) is 0 Å². The highest BCUT2D eigenvalue weighted by molar-refractivity contribution is 8.27. The Morgan fingerprint density at radius 1 is 1.77 bits per heavy atom. The molecule has 2 unspecified atom stereocenters. The Bertz CT molecular complexity index is 269. The number of carbonyl (C=O) groups is 1. The maximum Gasteiger partial charge on any atom is 0.415 e. The number of hydrogen-bond acceptors (Lipinski definition) is 4. The van der Waals surface area contributed by atoms with Crippen LogP contribution in [0.5, 0.6) is 0 Å². The van der Waals surface area contributed by atoms with Crippen molar-refractivity contribution in [3.05, 3.63) is 0 Å². The van der Waals surface area contributed by atoms with E-state index < -0.39 is 29.5 Å². The van der Waals surface area contributed by atoms with E-state index in [1.807, 2.05) is 5.09 Å². The van der Waals surface area contributed by atoms with Crippen molar-refractivity contribution in [2.75, 3.05) is 6.26 Å². The molecule has 0 saturated carbocycles. The van der Waals surface area contributed by atoms with Crippen LogP contribution in [0.1, 0.15) is 6.92 Å². The molecular formula is C4H10NO5PS2. The van der Waals surface area contributed by atoms with Gasteiger partial charge in [0.15, 0.2) is 0 Å². The van der Waals surface area contributed by atoms with Gasteiger partial charge in [0.1, 0.15) is 6.04 Å². The first-order valence-electron chi connectivity index (χ1n) is 3.11. The molecule has 0 heterocycles. The molecule has 13 heavy (non-hydrogen) atoms. The van der Waals surface area contributed by atoms with Crippen LogP contribution in [0.25, 0.3) is 0 Å². The Morgan fingerprint density at radius 2 is 2.23 bits per heavy atom. The summed E-state index contributed by atoms with van der Waals surface area (Å²) in [5, 5.41) is 10.3. The summed E-state index contributed by atoms with van der Waals surface area (Å²) in [5.74, 6) is -1.24. The number of rotatable bonds is 5. The molecule has 0 aromatic rings. The minimum Gasteiger partial charge on any atom is -0.480 e. The zero-order valence-electron chi connectivity index (χ0n) is 6.96. The third kappa shape index (κ3) is 6.25. The summed E-state index contributed by atoms with van der Waals surface area (Å²) >= 11 is 4.53. The maximum atomic E-state index is 11.0. The van der Waals surface area contributed by atoms with Crippen LogP contribution in [-0.4, -0.2) is 28.3 Å². The number of hydrogen-bond donors (Lipinski definition) is 3. The van der Waals surface area contributed by atoms with Crippen molar-refractivity contribution in [2.45, 2.75) is 13.0 Å². The van der Waals surface area contributed by atoms with E-state index >= 15 is 0 Å². The van der Waals surface area contributed by atoms with Crippen LogP contribution in [0, 0.1) is 0 Å². The highest BCUT2D eigenvalue weighted by Gasteiger charge is 2.26. The molecule has 0 aliphatic heterocycles. The average molecular weight is 247 g/mol. The summed E-state index contributed by atoms with van der Waals surface area (Å²) in [6, 6.07) is -1.16. The first kappa shape index (κ1) is 13.2. The molecule has 0 fully saturated rings. The van der Waals surface area contributed by atoms with Crippen molar-refractivity contribution in [2.24, 2.45) is 0 Å². The summed E-state index contributed by atoms with van der Waals surface area (Å²) in [4.78, 5) is 19.3. The van der Waals surface area contributed by atoms with E-state index in [2.05, 4.69) is 15.2 Å². The zero-order chi connectivity index (χ0) is 10.6. The minimum absolute atomic E-state index is 1.10. The van der Waals surface area contributed by atoms with Crippen LogP contribution in [0.15, 0.2) is 0 Å². The molecule has 0 aromatic heterocycles. The van der Waals surface area contributed by atoms with Gasteiger partial charge in [0, 0.05) is 16.0 Å². The molecule has 0 rings (SSSR count). The molecule has 78 valence electrons. The Hall–Kier alpha value is 0.150. The van der Waals surface area contributed by atoms with Crippen LogP contribution in [0.4, 0.5) is 0 Å². The van der Waals surface area contributed by atoms with Crippen LogP contribution in [0.3, 0.4) is 0 Å². The predicted molar refractivity (Wildman–Crippen MR) is 51.8 cm³/mol. The second-order valence-corrected chi connectivity index (χ2v) is 6.29. The molecule has 0 radical (unpaired) electrons. The van der Waals surface area contributed by atoms with Gasteiger partial charge in [-0.2, -0.15) is 0 Å². The van der Waals surface area contributed by atoms with Gasteiger partial charge >= 0.3 is 13.7 Å². The standard InChI is InChI=1S/C4H10NO5PS2/c1-3(4(6)7)5-11(8,9)10-13(2)12/h3H,1-2H3,(H,6,7)(H2,5,8,9)/t3-,13?/m0/s1. The number of aliphatic carboxylic acids is 1. The lowest BCUT2D eigenvalue weighted by molar-refractivity contribution is -0.138. The smallest absolute Gasteiger partial charge is 0.415 e. The third-order valence-corrected chi connectivity index (χ3v) is 3.84. The fourth-order valence-corrected chi connectivity index (χ4v) is 3.12. The lowest BCUT2D eigenvalue weighted by Gasteiger charge is -2.14. The SMILES string of the molecule is C[C@H](NP(=O)(O)OS(C)=S)C(=O)O. The monoisotopic (exact) mass is 247 g/mol. The van der Waals surface area contributed by atoms with Gasteiger partial charge in [-0.05, 0) is 18.1 Å². The van der Waals surface area contributed by atoms with Crippen LogP contribution in [0.2, 0.25) is 0 Å². The van der Waals surface area contributed by atoms with E-state index in [1.54, 1.807) is 0 Å². The highest BCUT2D eigenvalue weighted by atomic mass is 32.8. The highest BCUT2D eigenvalue weighted by Crippen LogP contribution is 2.38. The first-order valence-corrected chi connectivity index (χ1v) is 7.17. The minimum atomic E-state index is -4.08. The van der Waals surface area contributed by atoms with Gasteiger partial charge < -0.3 is 10.00 Å². The van der Waals surface area contributed by atoms with E-state index in [-0.39, 0.29) is 0 Å². The number of carboxylic acids is 1. The molecule has 3 atom stereocenters. The lowest BCUT2D eigenvalue weighted by atomic mass is 10.4. The van der Waals surface area contributed by atoms with E-state index in [1.165, 1.54) is 13.2 Å². The van der Waals surface area contributed by atoms with E-state index in [4.69, 9.17) is 10.00 Å². The van der Waals surface area contributed by atoms with Gasteiger partial charge in [0.25, 0.3) is 0 Å². The molecule has 0 bridgehead atoms. The molecule has 6 nitrogen and oxygen atoms in total. The summed E-state index contributed by atoms with van der Waals surface area (Å²) in [6.45, 7) is 1.23. The molecule has 0 aromatic carbocycles. The zero-order valence-corrected chi connectivity index (χ0v) is 9.49. The van der Waals surface area contributed by atoms with Crippen molar-refractivity contribution in [3.63, 3.8) is 0 Å². The van der Waals surface area contributed by atoms with Crippen molar-refractivity contribution in [1.82, 2.24) is 5.09 Å². The van der Waals surface area contributed by atoms with Crippen molar-refractivity contribution in [3.8, 4) is 0 Å². The normalized spacial score (nSPS) is 20.2. The molecular weight excluding hydrogens is 237 g/mol. The fraction of sp³-hybridized carbons (Fsp3) is 0.750. The van der Waals surface area contributed by atoms with Crippen molar-refractivity contribution in [1.29, 1.82) is 0 Å².